The van der Waals surface area contributed by atoms with Gasteiger partial charge in [0.2, 0.25) is 5.91 Å². The molecule has 1 amide bonds. The zero-order chi connectivity index (χ0) is 19.2. The summed E-state index contributed by atoms with van der Waals surface area (Å²) in [5, 5.41) is 4.54. The molecule has 140 valence electrons. The summed E-state index contributed by atoms with van der Waals surface area (Å²) in [6.45, 7) is 2.73. The highest BCUT2D eigenvalue weighted by Gasteiger charge is 2.06. The van der Waals surface area contributed by atoms with E-state index >= 15 is 0 Å². The molecule has 0 saturated heterocycles. The Kier molecular flexibility index (Phi) is 6.41. The molecule has 2 aromatic carbocycles. The van der Waals surface area contributed by atoms with Gasteiger partial charge in [-0.25, -0.2) is 10.4 Å². The van der Waals surface area contributed by atoms with Crippen molar-refractivity contribution in [3.63, 3.8) is 0 Å². The van der Waals surface area contributed by atoms with Crippen molar-refractivity contribution in [3.05, 3.63) is 52.0 Å². The van der Waals surface area contributed by atoms with E-state index < -0.39 is 0 Å². The predicted molar refractivity (Wildman–Crippen MR) is 113 cm³/mol. The number of hydrogen-bond donors (Lipinski definition) is 2. The molecule has 0 aliphatic heterocycles. The highest BCUT2D eigenvalue weighted by atomic mass is 79.9. The van der Waals surface area contributed by atoms with Crippen LogP contribution in [-0.2, 0) is 11.2 Å². The molecule has 0 unspecified atom stereocenters. The Morgan fingerprint density at radius 1 is 1.37 bits per heavy atom. The lowest BCUT2D eigenvalue weighted by atomic mass is 10.1. The van der Waals surface area contributed by atoms with Gasteiger partial charge < -0.3 is 10.5 Å². The minimum Gasteiger partial charge on any atom is -0.492 e. The van der Waals surface area contributed by atoms with Gasteiger partial charge in [-0.05, 0) is 63.8 Å². The number of benzene rings is 2. The van der Waals surface area contributed by atoms with Gasteiger partial charge in [-0.2, -0.15) is 5.10 Å². The van der Waals surface area contributed by atoms with Crippen LogP contribution < -0.4 is 15.9 Å². The van der Waals surface area contributed by atoms with E-state index in [-0.39, 0.29) is 12.3 Å². The third-order valence-electron chi connectivity index (χ3n) is 3.65. The molecule has 6 nitrogen and oxygen atoms in total. The SMILES string of the molecule is CCCOc1ccc(/C=N\NC(=O)Cc2ccc3nc(N)sc3c2)cc1Br. The second kappa shape index (κ2) is 8.96. The van der Waals surface area contributed by atoms with Gasteiger partial charge in [-0.15, -0.1) is 0 Å². The Bertz CT molecular complexity index is 987. The van der Waals surface area contributed by atoms with Crippen molar-refractivity contribution in [2.24, 2.45) is 5.10 Å². The molecule has 0 saturated carbocycles. The third-order valence-corrected chi connectivity index (χ3v) is 5.12. The first kappa shape index (κ1) is 19.3. The van der Waals surface area contributed by atoms with Gasteiger partial charge in [0, 0.05) is 0 Å². The van der Waals surface area contributed by atoms with Gasteiger partial charge >= 0.3 is 0 Å². The molecule has 0 aliphatic carbocycles. The summed E-state index contributed by atoms with van der Waals surface area (Å²) in [5.74, 6) is 0.599. The maximum Gasteiger partial charge on any atom is 0.244 e. The minimum absolute atomic E-state index is 0.190. The number of amides is 1. The summed E-state index contributed by atoms with van der Waals surface area (Å²) in [5.41, 5.74) is 10.8. The molecule has 0 fully saturated rings. The van der Waals surface area contributed by atoms with E-state index in [1.807, 2.05) is 36.4 Å². The van der Waals surface area contributed by atoms with E-state index in [4.69, 9.17) is 10.5 Å². The summed E-state index contributed by atoms with van der Waals surface area (Å²) in [6, 6.07) is 11.3. The van der Waals surface area contributed by atoms with E-state index in [9.17, 15) is 4.79 Å². The van der Waals surface area contributed by atoms with Crippen LogP contribution in [0.3, 0.4) is 0 Å². The zero-order valence-corrected chi connectivity index (χ0v) is 17.1. The zero-order valence-electron chi connectivity index (χ0n) is 14.7. The van der Waals surface area contributed by atoms with Crippen molar-refractivity contribution in [2.75, 3.05) is 12.3 Å². The second-order valence-corrected chi connectivity index (χ2v) is 7.78. The first-order valence-electron chi connectivity index (χ1n) is 8.44. The Balaban J connectivity index is 1.56. The molecule has 0 atom stereocenters. The van der Waals surface area contributed by atoms with E-state index in [1.54, 1.807) is 6.21 Å². The van der Waals surface area contributed by atoms with Crippen molar-refractivity contribution in [2.45, 2.75) is 19.8 Å². The average Bonchev–Trinajstić information content (AvgIpc) is 3.00. The quantitative estimate of drug-likeness (QED) is 0.421. The predicted octanol–water partition coefficient (Wildman–Crippen LogP) is 4.12. The number of fused-ring (bicyclic) bond motifs is 1. The number of nitrogens with two attached hydrogens (primary N) is 1. The van der Waals surface area contributed by atoms with Crippen molar-refractivity contribution >= 4 is 54.7 Å². The fourth-order valence-corrected chi connectivity index (χ4v) is 3.74. The van der Waals surface area contributed by atoms with Crippen LogP contribution in [0.15, 0.2) is 46.0 Å². The maximum atomic E-state index is 12.1. The van der Waals surface area contributed by atoms with Gasteiger partial charge in [0.1, 0.15) is 5.75 Å². The number of nitrogen functional groups attached to an aromatic ring is 1. The van der Waals surface area contributed by atoms with Gasteiger partial charge in [0.25, 0.3) is 0 Å². The first-order chi connectivity index (χ1) is 13.0. The van der Waals surface area contributed by atoms with Crippen LogP contribution >= 0.6 is 27.3 Å². The molecule has 1 aromatic heterocycles. The van der Waals surface area contributed by atoms with Crippen LogP contribution in [0.25, 0.3) is 10.2 Å². The van der Waals surface area contributed by atoms with Gasteiger partial charge in [0.15, 0.2) is 5.13 Å². The first-order valence-corrected chi connectivity index (χ1v) is 10.1. The molecule has 27 heavy (non-hydrogen) atoms. The number of hydrogen-bond acceptors (Lipinski definition) is 6. The number of thiazole rings is 1. The number of carbonyl (C=O) groups is 1. The number of aromatic nitrogens is 1. The smallest absolute Gasteiger partial charge is 0.244 e. The van der Waals surface area contributed by atoms with E-state index in [1.165, 1.54) is 11.3 Å². The molecular formula is C19H19BrN4O2S. The minimum atomic E-state index is -0.190. The van der Waals surface area contributed by atoms with E-state index in [0.29, 0.717) is 11.7 Å². The molecular weight excluding hydrogens is 428 g/mol. The van der Waals surface area contributed by atoms with Crippen LogP contribution in [0.2, 0.25) is 0 Å². The molecule has 8 heteroatoms. The monoisotopic (exact) mass is 446 g/mol. The Morgan fingerprint density at radius 3 is 3.00 bits per heavy atom. The molecule has 0 radical (unpaired) electrons. The van der Waals surface area contributed by atoms with Gasteiger partial charge in [-0.3, -0.25) is 4.79 Å². The number of nitrogens with zero attached hydrogens (tertiary/aromatic N) is 2. The highest BCUT2D eigenvalue weighted by molar-refractivity contribution is 9.10. The third kappa shape index (κ3) is 5.27. The fourth-order valence-electron chi connectivity index (χ4n) is 2.43. The van der Waals surface area contributed by atoms with E-state index in [0.717, 1.165) is 38.0 Å². The number of carbonyl (C=O) groups excluding carboxylic acids is 1. The maximum absolute atomic E-state index is 12.1. The highest BCUT2D eigenvalue weighted by Crippen LogP contribution is 2.26. The number of ether oxygens (including phenoxy) is 1. The van der Waals surface area contributed by atoms with Crippen LogP contribution in [0.1, 0.15) is 24.5 Å². The van der Waals surface area contributed by atoms with Crippen LogP contribution in [0, 0.1) is 0 Å². The van der Waals surface area contributed by atoms with Gasteiger partial charge in [-0.1, -0.05) is 24.3 Å². The standard InChI is InChI=1S/C19H19BrN4O2S/c1-2-7-26-16-6-4-13(8-14(16)20)11-22-24-18(25)10-12-3-5-15-17(9-12)27-19(21)23-15/h3-6,8-9,11H,2,7,10H2,1H3,(H2,21,23)(H,24,25)/b22-11-. The topological polar surface area (TPSA) is 89.6 Å². The summed E-state index contributed by atoms with van der Waals surface area (Å²) in [6.07, 6.45) is 2.78. The summed E-state index contributed by atoms with van der Waals surface area (Å²) < 4.78 is 7.43. The lowest BCUT2D eigenvalue weighted by molar-refractivity contribution is -0.120. The fraction of sp³-hybridized carbons (Fsp3) is 0.211. The number of nitrogens with one attached hydrogen (secondary N) is 1. The van der Waals surface area contributed by atoms with Crippen LogP contribution in [0.4, 0.5) is 5.13 Å². The summed E-state index contributed by atoms with van der Waals surface area (Å²) in [7, 11) is 0. The Hall–Kier alpha value is -2.45. The Labute approximate surface area is 169 Å². The molecule has 3 rings (SSSR count). The van der Waals surface area contributed by atoms with Crippen LogP contribution in [-0.4, -0.2) is 23.7 Å². The average molecular weight is 447 g/mol. The molecule has 0 aliphatic rings. The van der Waals surface area contributed by atoms with Crippen molar-refractivity contribution in [3.8, 4) is 5.75 Å². The van der Waals surface area contributed by atoms with E-state index in [2.05, 4.69) is 38.4 Å². The molecule has 1 heterocycles. The van der Waals surface area contributed by atoms with Gasteiger partial charge in [0.05, 0.1) is 33.9 Å². The molecule has 0 bridgehead atoms. The van der Waals surface area contributed by atoms with Crippen LogP contribution in [0.5, 0.6) is 5.75 Å². The van der Waals surface area contributed by atoms with Crippen molar-refractivity contribution in [1.82, 2.24) is 10.4 Å². The number of anilines is 1. The summed E-state index contributed by atoms with van der Waals surface area (Å²) >= 11 is 4.88. The number of hydrazone groups is 1. The Morgan fingerprint density at radius 2 is 2.22 bits per heavy atom. The van der Waals surface area contributed by atoms with Crippen molar-refractivity contribution < 1.29 is 9.53 Å². The molecule has 3 N–H and O–H groups in total. The summed E-state index contributed by atoms with van der Waals surface area (Å²) in [4.78, 5) is 16.3. The molecule has 3 aromatic rings. The lowest BCUT2D eigenvalue weighted by Crippen LogP contribution is -2.19. The largest absolute Gasteiger partial charge is 0.492 e. The lowest BCUT2D eigenvalue weighted by Gasteiger charge is -2.07. The normalized spacial score (nSPS) is 11.2. The van der Waals surface area contributed by atoms with Crippen molar-refractivity contribution in [1.29, 1.82) is 0 Å². The molecule has 0 spiro atoms. The second-order valence-electron chi connectivity index (χ2n) is 5.86. The number of rotatable bonds is 7. The number of halogens is 1.